The zero-order valence-electron chi connectivity index (χ0n) is 11.8. The molecular formula is C16H21BrFNO. The van der Waals surface area contributed by atoms with Crippen molar-refractivity contribution in [3.63, 3.8) is 0 Å². The van der Waals surface area contributed by atoms with Crippen LogP contribution in [-0.2, 0) is 0 Å². The van der Waals surface area contributed by atoms with E-state index in [4.69, 9.17) is 0 Å². The first-order chi connectivity index (χ1) is 9.61. The number of carbonyl (C=O) groups excluding carboxylic acids is 1. The van der Waals surface area contributed by atoms with E-state index in [2.05, 4.69) is 28.2 Å². The largest absolute Gasteiger partial charge is 0.349 e. The van der Waals surface area contributed by atoms with Gasteiger partial charge in [0, 0.05) is 10.5 Å². The number of amides is 1. The highest BCUT2D eigenvalue weighted by molar-refractivity contribution is 9.10. The Balaban J connectivity index is 2.04. The third-order valence-electron chi connectivity index (χ3n) is 4.15. The predicted molar refractivity (Wildman–Crippen MR) is 82.2 cm³/mol. The van der Waals surface area contributed by atoms with Crippen LogP contribution in [0, 0.1) is 11.7 Å². The fraction of sp³-hybridized carbons (Fsp3) is 0.562. The first kappa shape index (κ1) is 15.5. The second-order valence-electron chi connectivity index (χ2n) is 5.51. The molecule has 2 rings (SSSR count). The number of carbonyl (C=O) groups is 1. The fourth-order valence-corrected chi connectivity index (χ4v) is 3.34. The van der Waals surface area contributed by atoms with Crippen molar-refractivity contribution >= 4 is 21.8 Å². The summed E-state index contributed by atoms with van der Waals surface area (Å²) in [7, 11) is 0. The molecule has 1 aliphatic carbocycles. The van der Waals surface area contributed by atoms with Crippen molar-refractivity contribution in [1.82, 2.24) is 5.32 Å². The molecule has 110 valence electrons. The van der Waals surface area contributed by atoms with Gasteiger partial charge in [-0.3, -0.25) is 4.79 Å². The van der Waals surface area contributed by atoms with Crippen LogP contribution in [0.5, 0.6) is 0 Å². The smallest absolute Gasteiger partial charge is 0.254 e. The van der Waals surface area contributed by atoms with Gasteiger partial charge in [0.2, 0.25) is 0 Å². The number of halogens is 2. The molecule has 0 heterocycles. The molecule has 4 heteroatoms. The normalized spacial score (nSPS) is 17.8. The summed E-state index contributed by atoms with van der Waals surface area (Å²) < 4.78 is 14.5. The maximum absolute atomic E-state index is 13.8. The average Bonchev–Trinajstić information content (AvgIpc) is 2.45. The molecule has 1 fully saturated rings. The van der Waals surface area contributed by atoms with Crippen LogP contribution in [0.25, 0.3) is 0 Å². The lowest BCUT2D eigenvalue weighted by Gasteiger charge is -2.30. The lowest BCUT2D eigenvalue weighted by Crippen LogP contribution is -2.41. The lowest BCUT2D eigenvalue weighted by molar-refractivity contribution is 0.0907. The van der Waals surface area contributed by atoms with Crippen molar-refractivity contribution in [2.45, 2.75) is 51.5 Å². The van der Waals surface area contributed by atoms with Gasteiger partial charge in [-0.25, -0.2) is 4.39 Å². The van der Waals surface area contributed by atoms with E-state index in [-0.39, 0.29) is 17.5 Å². The van der Waals surface area contributed by atoms with Gasteiger partial charge >= 0.3 is 0 Å². The summed E-state index contributed by atoms with van der Waals surface area (Å²) >= 11 is 3.20. The van der Waals surface area contributed by atoms with Crippen molar-refractivity contribution < 1.29 is 9.18 Å². The van der Waals surface area contributed by atoms with E-state index in [1.54, 1.807) is 6.07 Å². The molecule has 0 aliphatic heterocycles. The highest BCUT2D eigenvalue weighted by atomic mass is 79.9. The van der Waals surface area contributed by atoms with Crippen LogP contribution in [0.4, 0.5) is 4.39 Å². The minimum atomic E-state index is -0.477. The minimum Gasteiger partial charge on any atom is -0.349 e. The summed E-state index contributed by atoms with van der Waals surface area (Å²) in [5.74, 6) is -0.237. The molecule has 0 spiro atoms. The minimum absolute atomic E-state index is 0.127. The van der Waals surface area contributed by atoms with Gasteiger partial charge in [-0.2, -0.15) is 0 Å². The predicted octanol–water partition coefficient (Wildman–Crippen LogP) is 4.68. The molecule has 1 aliphatic rings. The second kappa shape index (κ2) is 7.21. The third kappa shape index (κ3) is 3.81. The Morgan fingerprint density at radius 2 is 2.10 bits per heavy atom. The van der Waals surface area contributed by atoms with Crippen molar-refractivity contribution in [3.8, 4) is 0 Å². The van der Waals surface area contributed by atoms with E-state index in [1.165, 1.54) is 44.2 Å². The van der Waals surface area contributed by atoms with Gasteiger partial charge in [0.1, 0.15) is 5.82 Å². The Labute approximate surface area is 128 Å². The molecule has 1 amide bonds. The van der Waals surface area contributed by atoms with Crippen molar-refractivity contribution in [3.05, 3.63) is 34.1 Å². The summed E-state index contributed by atoms with van der Waals surface area (Å²) in [5, 5.41) is 3.02. The Morgan fingerprint density at radius 1 is 1.40 bits per heavy atom. The van der Waals surface area contributed by atoms with Crippen molar-refractivity contribution in [2.75, 3.05) is 0 Å². The number of rotatable bonds is 4. The Kier molecular flexibility index (Phi) is 5.58. The SMILES string of the molecule is CCC(NC(=O)c1ccc(Br)cc1F)C1CCCCC1. The van der Waals surface area contributed by atoms with Crippen molar-refractivity contribution in [1.29, 1.82) is 0 Å². The van der Waals surface area contributed by atoms with Crippen LogP contribution in [0.1, 0.15) is 55.8 Å². The summed E-state index contributed by atoms with van der Waals surface area (Å²) in [5.41, 5.74) is 0.127. The molecule has 1 aromatic rings. The van der Waals surface area contributed by atoms with E-state index in [9.17, 15) is 9.18 Å². The molecule has 0 aromatic heterocycles. The van der Waals surface area contributed by atoms with Crippen LogP contribution < -0.4 is 5.32 Å². The van der Waals surface area contributed by atoms with E-state index >= 15 is 0 Å². The highest BCUT2D eigenvalue weighted by Crippen LogP contribution is 2.28. The zero-order valence-corrected chi connectivity index (χ0v) is 13.4. The molecule has 1 saturated carbocycles. The van der Waals surface area contributed by atoms with E-state index < -0.39 is 5.82 Å². The maximum Gasteiger partial charge on any atom is 0.254 e. The standard InChI is InChI=1S/C16H21BrFNO/c1-2-15(11-6-4-3-5-7-11)19-16(20)13-9-8-12(17)10-14(13)18/h8-11,15H,2-7H2,1H3,(H,19,20). The zero-order chi connectivity index (χ0) is 14.5. The van der Waals surface area contributed by atoms with E-state index in [1.807, 2.05) is 0 Å². The fourth-order valence-electron chi connectivity index (χ4n) is 3.01. The Hall–Kier alpha value is -0.900. The molecule has 0 radical (unpaired) electrons. The molecule has 1 N–H and O–H groups in total. The average molecular weight is 342 g/mol. The molecule has 1 unspecified atom stereocenters. The number of benzene rings is 1. The molecule has 2 nitrogen and oxygen atoms in total. The summed E-state index contributed by atoms with van der Waals surface area (Å²) in [6, 6.07) is 4.71. The number of hydrogen-bond acceptors (Lipinski definition) is 1. The Morgan fingerprint density at radius 3 is 2.70 bits per heavy atom. The second-order valence-corrected chi connectivity index (χ2v) is 6.43. The van der Waals surface area contributed by atoms with Crippen LogP contribution in [0.3, 0.4) is 0 Å². The lowest BCUT2D eigenvalue weighted by atomic mass is 9.83. The third-order valence-corrected chi connectivity index (χ3v) is 4.64. The number of hydrogen-bond donors (Lipinski definition) is 1. The van der Waals surface area contributed by atoms with Gasteiger partial charge in [0.15, 0.2) is 0 Å². The Bertz CT molecular complexity index is 472. The van der Waals surface area contributed by atoms with Gasteiger partial charge in [-0.1, -0.05) is 42.1 Å². The quantitative estimate of drug-likeness (QED) is 0.846. The molecule has 20 heavy (non-hydrogen) atoms. The summed E-state index contributed by atoms with van der Waals surface area (Å²) in [6.07, 6.45) is 7.01. The first-order valence-corrected chi connectivity index (χ1v) is 8.17. The van der Waals surface area contributed by atoms with Crippen LogP contribution in [0.2, 0.25) is 0 Å². The van der Waals surface area contributed by atoms with E-state index in [0.717, 1.165) is 6.42 Å². The summed E-state index contributed by atoms with van der Waals surface area (Å²) in [4.78, 5) is 12.2. The van der Waals surface area contributed by atoms with Crippen LogP contribution in [0.15, 0.2) is 22.7 Å². The molecule has 1 atom stereocenters. The van der Waals surface area contributed by atoms with Gasteiger partial charge < -0.3 is 5.32 Å². The van der Waals surface area contributed by atoms with Gasteiger partial charge in [-0.05, 0) is 43.4 Å². The van der Waals surface area contributed by atoms with E-state index in [0.29, 0.717) is 10.4 Å². The topological polar surface area (TPSA) is 29.1 Å². The van der Waals surface area contributed by atoms with Gasteiger partial charge in [0.25, 0.3) is 5.91 Å². The summed E-state index contributed by atoms with van der Waals surface area (Å²) in [6.45, 7) is 2.08. The number of nitrogens with one attached hydrogen (secondary N) is 1. The monoisotopic (exact) mass is 341 g/mol. The molecular weight excluding hydrogens is 321 g/mol. The van der Waals surface area contributed by atoms with Gasteiger partial charge in [-0.15, -0.1) is 0 Å². The van der Waals surface area contributed by atoms with Crippen LogP contribution in [-0.4, -0.2) is 11.9 Å². The maximum atomic E-state index is 13.8. The molecule has 0 saturated heterocycles. The van der Waals surface area contributed by atoms with Crippen LogP contribution >= 0.6 is 15.9 Å². The first-order valence-electron chi connectivity index (χ1n) is 7.37. The highest BCUT2D eigenvalue weighted by Gasteiger charge is 2.24. The molecule has 0 bridgehead atoms. The van der Waals surface area contributed by atoms with Crippen molar-refractivity contribution in [2.24, 2.45) is 5.92 Å². The molecule has 1 aromatic carbocycles. The van der Waals surface area contributed by atoms with Gasteiger partial charge in [0.05, 0.1) is 5.56 Å².